The van der Waals surface area contributed by atoms with Crippen LogP contribution in [-0.4, -0.2) is 28.6 Å². The summed E-state index contributed by atoms with van der Waals surface area (Å²) < 4.78 is 0. The lowest BCUT2D eigenvalue weighted by molar-refractivity contribution is 0.112. The molecule has 0 spiro atoms. The summed E-state index contributed by atoms with van der Waals surface area (Å²) >= 11 is 0. The first-order chi connectivity index (χ1) is 5.63. The van der Waals surface area contributed by atoms with Gasteiger partial charge in [0.05, 0.1) is 0 Å². The van der Waals surface area contributed by atoms with Crippen LogP contribution < -0.4 is 5.46 Å². The number of benzene rings is 1. The fraction of sp³-hybridized carbons (Fsp3) is 0. The van der Waals surface area contributed by atoms with Crippen molar-refractivity contribution in [2.45, 2.75) is 0 Å². The number of phenolic OH excluding ortho intramolecular Hbond substituents is 1. The average Bonchev–Trinajstić information content (AvgIpc) is 2.03. The van der Waals surface area contributed by atoms with Crippen molar-refractivity contribution in [1.29, 1.82) is 0 Å². The molecular formula is C7H7BO4. The summed E-state index contributed by atoms with van der Waals surface area (Å²) in [6, 6.07) is 3.70. The highest BCUT2D eigenvalue weighted by Gasteiger charge is 2.12. The molecule has 0 saturated carbocycles. The third-order valence-corrected chi connectivity index (χ3v) is 1.40. The van der Waals surface area contributed by atoms with Gasteiger partial charge in [0, 0.05) is 5.56 Å². The summed E-state index contributed by atoms with van der Waals surface area (Å²) in [5, 5.41) is 26.4. The first-order valence-electron chi connectivity index (χ1n) is 3.29. The van der Waals surface area contributed by atoms with Gasteiger partial charge in [-0.3, -0.25) is 4.79 Å². The van der Waals surface area contributed by atoms with Crippen molar-refractivity contribution in [3.05, 3.63) is 23.8 Å². The maximum atomic E-state index is 10.3. The van der Waals surface area contributed by atoms with Crippen molar-refractivity contribution in [2.75, 3.05) is 0 Å². The maximum Gasteiger partial charge on any atom is 0.488 e. The Bertz CT molecular complexity index is 297. The molecule has 0 unspecified atom stereocenters. The standard InChI is InChI=1S/C7H7BO4/c9-4-5-1-6(8(11)12)3-7(10)2-5/h1-4,10-12H. The molecule has 0 amide bonds. The molecule has 0 aromatic heterocycles. The van der Waals surface area contributed by atoms with Gasteiger partial charge < -0.3 is 15.2 Å². The van der Waals surface area contributed by atoms with Gasteiger partial charge in [-0.15, -0.1) is 0 Å². The van der Waals surface area contributed by atoms with E-state index in [9.17, 15) is 4.79 Å². The van der Waals surface area contributed by atoms with Crippen LogP contribution in [0.3, 0.4) is 0 Å². The van der Waals surface area contributed by atoms with E-state index in [1.54, 1.807) is 0 Å². The molecule has 12 heavy (non-hydrogen) atoms. The molecule has 5 heteroatoms. The predicted molar refractivity (Wildman–Crippen MR) is 43.3 cm³/mol. The van der Waals surface area contributed by atoms with Gasteiger partial charge in [-0.2, -0.15) is 0 Å². The molecule has 0 aliphatic carbocycles. The second-order valence-corrected chi connectivity index (χ2v) is 2.35. The lowest BCUT2D eigenvalue weighted by Crippen LogP contribution is -2.29. The van der Waals surface area contributed by atoms with Gasteiger partial charge in [0.1, 0.15) is 12.0 Å². The minimum absolute atomic E-state index is 0.0945. The highest BCUT2D eigenvalue weighted by Crippen LogP contribution is 2.07. The molecule has 3 N–H and O–H groups in total. The van der Waals surface area contributed by atoms with Crippen LogP contribution in [0.4, 0.5) is 0 Å². The lowest BCUT2D eigenvalue weighted by Gasteiger charge is -2.00. The molecule has 0 radical (unpaired) electrons. The van der Waals surface area contributed by atoms with Crippen molar-refractivity contribution < 1.29 is 19.9 Å². The second-order valence-electron chi connectivity index (χ2n) is 2.35. The van der Waals surface area contributed by atoms with Crippen LogP contribution in [0.15, 0.2) is 18.2 Å². The zero-order valence-electron chi connectivity index (χ0n) is 6.14. The highest BCUT2D eigenvalue weighted by atomic mass is 16.4. The molecule has 0 saturated heterocycles. The summed E-state index contributed by atoms with van der Waals surface area (Å²) in [4.78, 5) is 10.3. The van der Waals surface area contributed by atoms with E-state index in [4.69, 9.17) is 15.2 Å². The average molecular weight is 166 g/mol. The largest absolute Gasteiger partial charge is 0.508 e. The van der Waals surface area contributed by atoms with Gasteiger partial charge in [-0.1, -0.05) is 6.07 Å². The van der Waals surface area contributed by atoms with Crippen molar-refractivity contribution in [3.63, 3.8) is 0 Å². The minimum Gasteiger partial charge on any atom is -0.508 e. The van der Waals surface area contributed by atoms with Gasteiger partial charge in [-0.25, -0.2) is 0 Å². The Kier molecular flexibility index (Phi) is 2.47. The number of hydrogen-bond donors (Lipinski definition) is 3. The van der Waals surface area contributed by atoms with Crippen LogP contribution in [0.2, 0.25) is 0 Å². The molecule has 1 aromatic carbocycles. The van der Waals surface area contributed by atoms with Crippen LogP contribution >= 0.6 is 0 Å². The van der Waals surface area contributed by atoms with E-state index in [-0.39, 0.29) is 16.8 Å². The van der Waals surface area contributed by atoms with Gasteiger partial charge in [0.15, 0.2) is 0 Å². The summed E-state index contributed by atoms with van der Waals surface area (Å²) in [5.74, 6) is -0.164. The van der Waals surface area contributed by atoms with E-state index < -0.39 is 7.12 Å². The lowest BCUT2D eigenvalue weighted by atomic mass is 9.79. The normalized spacial score (nSPS) is 9.50. The monoisotopic (exact) mass is 166 g/mol. The fourth-order valence-electron chi connectivity index (χ4n) is 0.876. The van der Waals surface area contributed by atoms with Crippen molar-refractivity contribution in [3.8, 4) is 5.75 Å². The molecule has 0 atom stereocenters. The zero-order valence-corrected chi connectivity index (χ0v) is 6.14. The van der Waals surface area contributed by atoms with E-state index in [1.807, 2.05) is 0 Å². The van der Waals surface area contributed by atoms with Gasteiger partial charge in [0.2, 0.25) is 0 Å². The van der Waals surface area contributed by atoms with E-state index in [0.717, 1.165) is 0 Å². The van der Waals surface area contributed by atoms with E-state index in [1.165, 1.54) is 18.2 Å². The summed E-state index contributed by atoms with van der Waals surface area (Å²) in [7, 11) is -1.67. The molecule has 0 bridgehead atoms. The molecule has 62 valence electrons. The first-order valence-corrected chi connectivity index (χ1v) is 3.29. The van der Waals surface area contributed by atoms with Crippen LogP contribution in [-0.2, 0) is 0 Å². The quantitative estimate of drug-likeness (QED) is 0.384. The Balaban J connectivity index is 3.14. The van der Waals surface area contributed by atoms with Crippen molar-refractivity contribution in [1.82, 2.24) is 0 Å². The molecule has 0 heterocycles. The molecular weight excluding hydrogens is 159 g/mol. The van der Waals surface area contributed by atoms with Crippen LogP contribution in [0.25, 0.3) is 0 Å². The highest BCUT2D eigenvalue weighted by molar-refractivity contribution is 6.58. The number of hydrogen-bond acceptors (Lipinski definition) is 4. The Hall–Kier alpha value is -1.33. The number of aromatic hydroxyl groups is 1. The number of carbonyl (C=O) groups is 1. The number of phenols is 1. The number of carbonyl (C=O) groups excluding carboxylic acids is 1. The molecule has 0 fully saturated rings. The molecule has 0 aliphatic heterocycles. The van der Waals surface area contributed by atoms with Gasteiger partial charge >= 0.3 is 7.12 Å². The second kappa shape index (κ2) is 3.38. The van der Waals surface area contributed by atoms with E-state index >= 15 is 0 Å². The Morgan fingerprint density at radius 1 is 1.25 bits per heavy atom. The maximum absolute atomic E-state index is 10.3. The van der Waals surface area contributed by atoms with Crippen LogP contribution in [0.5, 0.6) is 5.75 Å². The van der Waals surface area contributed by atoms with Crippen LogP contribution in [0.1, 0.15) is 10.4 Å². The third kappa shape index (κ3) is 1.84. The third-order valence-electron chi connectivity index (χ3n) is 1.40. The molecule has 1 aromatic rings. The predicted octanol–water partition coefficient (Wildman–Crippen LogP) is -1.12. The molecule has 0 aliphatic rings. The first kappa shape index (κ1) is 8.77. The van der Waals surface area contributed by atoms with Gasteiger partial charge in [0.25, 0.3) is 0 Å². The van der Waals surface area contributed by atoms with Crippen molar-refractivity contribution >= 4 is 18.9 Å². The van der Waals surface area contributed by atoms with Crippen molar-refractivity contribution in [2.24, 2.45) is 0 Å². The Labute approximate surface area is 69.2 Å². The fourth-order valence-corrected chi connectivity index (χ4v) is 0.876. The zero-order chi connectivity index (χ0) is 9.14. The van der Waals surface area contributed by atoms with Gasteiger partial charge in [-0.05, 0) is 17.6 Å². The number of rotatable bonds is 2. The number of aldehydes is 1. The minimum atomic E-state index is -1.67. The Morgan fingerprint density at radius 3 is 2.42 bits per heavy atom. The van der Waals surface area contributed by atoms with E-state index in [0.29, 0.717) is 6.29 Å². The molecule has 4 nitrogen and oxygen atoms in total. The van der Waals surface area contributed by atoms with E-state index in [2.05, 4.69) is 0 Å². The smallest absolute Gasteiger partial charge is 0.488 e. The summed E-state index contributed by atoms with van der Waals surface area (Å²) in [6.07, 6.45) is 0.519. The summed E-state index contributed by atoms with van der Waals surface area (Å²) in [6.45, 7) is 0. The molecule has 1 rings (SSSR count). The SMILES string of the molecule is O=Cc1cc(O)cc(B(O)O)c1. The Morgan fingerprint density at radius 2 is 1.92 bits per heavy atom. The topological polar surface area (TPSA) is 77.8 Å². The van der Waals surface area contributed by atoms with Crippen LogP contribution in [0, 0.1) is 0 Å². The summed E-state index contributed by atoms with van der Waals surface area (Å²) in [5.41, 5.74) is 0.301.